The van der Waals surface area contributed by atoms with Crippen LogP contribution in [-0.2, 0) is 9.53 Å². The average Bonchev–Trinajstić information content (AvgIpc) is 2.63. The zero-order valence-electron chi connectivity index (χ0n) is 14.0. The van der Waals surface area contributed by atoms with Crippen LogP contribution in [0.4, 0.5) is 13.6 Å². The molecule has 0 aliphatic carbocycles. The maximum absolute atomic E-state index is 13.9. The van der Waals surface area contributed by atoms with E-state index in [9.17, 15) is 18.4 Å². The summed E-state index contributed by atoms with van der Waals surface area (Å²) < 4.78 is 32.5. The smallest absolute Gasteiger partial charge is 0.408 e. The molecule has 2 rings (SSSR count). The number of alkyl carbamates (subject to hydrolysis) is 1. The van der Waals surface area contributed by atoms with Gasteiger partial charge in [-0.3, -0.25) is 4.79 Å². The fourth-order valence-corrected chi connectivity index (χ4v) is 2.64. The lowest BCUT2D eigenvalue weighted by atomic mass is 9.93. The fourth-order valence-electron chi connectivity index (χ4n) is 2.64. The molecule has 2 N–H and O–H groups in total. The molecule has 1 saturated heterocycles. The molecule has 1 aromatic carbocycles. The van der Waals surface area contributed by atoms with Crippen LogP contribution in [0.1, 0.15) is 45.1 Å². The number of hydrogen-bond acceptors (Lipinski definition) is 3. The van der Waals surface area contributed by atoms with E-state index in [2.05, 4.69) is 10.6 Å². The van der Waals surface area contributed by atoms with E-state index in [4.69, 9.17) is 4.74 Å². The third kappa shape index (κ3) is 4.66. The lowest BCUT2D eigenvalue weighted by molar-refractivity contribution is -0.122. The van der Waals surface area contributed by atoms with Crippen LogP contribution >= 0.6 is 0 Å². The van der Waals surface area contributed by atoms with Crippen LogP contribution in [0.5, 0.6) is 0 Å². The lowest BCUT2D eigenvalue weighted by Crippen LogP contribution is -2.47. The number of carbonyl (C=O) groups is 2. The van der Waals surface area contributed by atoms with Crippen molar-refractivity contribution >= 4 is 12.0 Å². The molecule has 1 aliphatic rings. The van der Waals surface area contributed by atoms with Crippen molar-refractivity contribution in [3.8, 4) is 0 Å². The van der Waals surface area contributed by atoms with Crippen molar-refractivity contribution in [3.63, 3.8) is 0 Å². The number of hydrogen-bond donors (Lipinski definition) is 2. The molecule has 0 saturated carbocycles. The number of rotatable bonds is 2. The molecular formula is C17H22F2N2O3. The van der Waals surface area contributed by atoms with Gasteiger partial charge in [0.2, 0.25) is 5.91 Å². The first-order valence-corrected chi connectivity index (χ1v) is 7.88. The van der Waals surface area contributed by atoms with E-state index >= 15 is 0 Å². The monoisotopic (exact) mass is 340 g/mol. The van der Waals surface area contributed by atoms with E-state index in [1.165, 1.54) is 12.1 Å². The molecule has 1 fully saturated rings. The highest BCUT2D eigenvalue weighted by atomic mass is 19.2. The van der Waals surface area contributed by atoms with Crippen molar-refractivity contribution in [2.24, 2.45) is 0 Å². The molecule has 7 heteroatoms. The topological polar surface area (TPSA) is 67.4 Å². The van der Waals surface area contributed by atoms with Gasteiger partial charge >= 0.3 is 6.09 Å². The van der Waals surface area contributed by atoms with E-state index in [1.54, 1.807) is 20.8 Å². The maximum atomic E-state index is 13.9. The SMILES string of the molecule is CC(C)(C)OC(=O)N[C@@H]1CC[C@H](c2cccc(F)c2F)CNC1=O. The summed E-state index contributed by atoms with van der Waals surface area (Å²) in [5.41, 5.74) is -0.438. The molecular weight excluding hydrogens is 318 g/mol. The van der Waals surface area contributed by atoms with Gasteiger partial charge in [0.15, 0.2) is 11.6 Å². The Morgan fingerprint density at radius 1 is 1.29 bits per heavy atom. The number of benzene rings is 1. The van der Waals surface area contributed by atoms with E-state index in [1.807, 2.05) is 0 Å². The minimum Gasteiger partial charge on any atom is -0.444 e. The predicted octanol–water partition coefficient (Wildman–Crippen LogP) is 2.85. The Balaban J connectivity index is 2.04. The average molecular weight is 340 g/mol. The number of carbonyl (C=O) groups excluding carboxylic acids is 2. The van der Waals surface area contributed by atoms with E-state index in [0.717, 1.165) is 6.07 Å². The Kier molecular flexibility index (Phi) is 5.41. The van der Waals surface area contributed by atoms with Gasteiger partial charge in [-0.2, -0.15) is 0 Å². The van der Waals surface area contributed by atoms with Crippen molar-refractivity contribution in [1.82, 2.24) is 10.6 Å². The second-order valence-corrected chi connectivity index (χ2v) is 6.86. The first kappa shape index (κ1) is 18.2. The molecule has 1 aromatic rings. The molecule has 2 atom stereocenters. The van der Waals surface area contributed by atoms with Crippen LogP contribution in [0.3, 0.4) is 0 Å². The van der Waals surface area contributed by atoms with Gasteiger partial charge in [-0.05, 0) is 45.2 Å². The van der Waals surface area contributed by atoms with Crippen LogP contribution in [0, 0.1) is 11.6 Å². The zero-order valence-corrected chi connectivity index (χ0v) is 14.0. The van der Waals surface area contributed by atoms with E-state index in [0.29, 0.717) is 12.8 Å². The van der Waals surface area contributed by atoms with Crippen LogP contribution in [-0.4, -0.2) is 30.2 Å². The molecule has 24 heavy (non-hydrogen) atoms. The van der Waals surface area contributed by atoms with Crippen molar-refractivity contribution in [2.75, 3.05) is 6.54 Å². The second kappa shape index (κ2) is 7.15. The number of ether oxygens (including phenoxy) is 1. The highest BCUT2D eigenvalue weighted by Crippen LogP contribution is 2.27. The van der Waals surface area contributed by atoms with Gasteiger partial charge in [-0.1, -0.05) is 12.1 Å². The molecule has 1 aliphatic heterocycles. The summed E-state index contributed by atoms with van der Waals surface area (Å²) in [4.78, 5) is 23.9. The standard InChI is InChI=1S/C17H22F2N2O3/c1-17(2,3)24-16(23)21-13-8-7-10(9-20-15(13)22)11-5-4-6-12(18)14(11)19/h4-6,10,13H,7-9H2,1-3H3,(H,20,22)(H,21,23)/t10-,13+/m0/s1. The van der Waals surface area contributed by atoms with E-state index < -0.39 is 29.4 Å². The van der Waals surface area contributed by atoms with Gasteiger partial charge < -0.3 is 15.4 Å². The number of amides is 2. The van der Waals surface area contributed by atoms with Crippen molar-refractivity contribution in [3.05, 3.63) is 35.4 Å². The Labute approximate surface area is 139 Å². The van der Waals surface area contributed by atoms with Gasteiger partial charge in [-0.25, -0.2) is 13.6 Å². The maximum Gasteiger partial charge on any atom is 0.408 e. The minimum absolute atomic E-state index is 0.186. The summed E-state index contributed by atoms with van der Waals surface area (Å²) in [6, 6.07) is 3.25. The Bertz CT molecular complexity index is 629. The summed E-state index contributed by atoms with van der Waals surface area (Å²) in [6.45, 7) is 5.36. The molecule has 0 bridgehead atoms. The Morgan fingerprint density at radius 2 is 2.00 bits per heavy atom. The van der Waals surface area contributed by atoms with Crippen molar-refractivity contribution < 1.29 is 23.1 Å². The van der Waals surface area contributed by atoms with Crippen LogP contribution < -0.4 is 10.6 Å². The minimum atomic E-state index is -0.911. The Hall–Kier alpha value is -2.18. The number of halogens is 2. The highest BCUT2D eigenvalue weighted by Gasteiger charge is 2.30. The molecule has 0 spiro atoms. The normalized spacial score (nSPS) is 21.6. The zero-order chi connectivity index (χ0) is 17.9. The molecule has 2 amide bonds. The number of nitrogens with one attached hydrogen (secondary N) is 2. The third-order valence-corrected chi connectivity index (χ3v) is 3.76. The lowest BCUT2D eigenvalue weighted by Gasteiger charge is -2.22. The first-order valence-electron chi connectivity index (χ1n) is 7.88. The molecule has 0 unspecified atom stereocenters. The van der Waals surface area contributed by atoms with Crippen LogP contribution in [0.2, 0.25) is 0 Å². The van der Waals surface area contributed by atoms with Crippen molar-refractivity contribution in [2.45, 2.75) is 51.2 Å². The van der Waals surface area contributed by atoms with E-state index in [-0.39, 0.29) is 23.9 Å². The summed E-state index contributed by atoms with van der Waals surface area (Å²) in [7, 11) is 0. The molecule has 0 radical (unpaired) electrons. The van der Waals surface area contributed by atoms with Gasteiger partial charge in [0.05, 0.1) is 0 Å². The Morgan fingerprint density at radius 3 is 2.67 bits per heavy atom. The largest absolute Gasteiger partial charge is 0.444 e. The van der Waals surface area contributed by atoms with Gasteiger partial charge in [-0.15, -0.1) is 0 Å². The van der Waals surface area contributed by atoms with Crippen LogP contribution in [0.25, 0.3) is 0 Å². The summed E-state index contributed by atoms with van der Waals surface area (Å²) in [6.07, 6.45) is 0.0590. The molecule has 0 aromatic heterocycles. The summed E-state index contributed by atoms with van der Waals surface area (Å²) >= 11 is 0. The molecule has 1 heterocycles. The predicted molar refractivity (Wildman–Crippen MR) is 84.5 cm³/mol. The van der Waals surface area contributed by atoms with Gasteiger partial charge in [0.1, 0.15) is 11.6 Å². The van der Waals surface area contributed by atoms with Crippen molar-refractivity contribution in [1.29, 1.82) is 0 Å². The quantitative estimate of drug-likeness (QED) is 0.870. The summed E-state index contributed by atoms with van der Waals surface area (Å²) in [5, 5.41) is 5.18. The fraction of sp³-hybridized carbons (Fsp3) is 0.529. The molecule has 5 nitrogen and oxygen atoms in total. The third-order valence-electron chi connectivity index (χ3n) is 3.76. The van der Waals surface area contributed by atoms with Crippen LogP contribution in [0.15, 0.2) is 18.2 Å². The molecule has 132 valence electrons. The second-order valence-electron chi connectivity index (χ2n) is 6.86. The van der Waals surface area contributed by atoms with Gasteiger partial charge in [0.25, 0.3) is 0 Å². The van der Waals surface area contributed by atoms with Gasteiger partial charge in [0, 0.05) is 12.5 Å². The highest BCUT2D eigenvalue weighted by molar-refractivity contribution is 5.85. The first-order chi connectivity index (χ1) is 11.2. The summed E-state index contributed by atoms with van der Waals surface area (Å²) in [5.74, 6) is -2.52.